The van der Waals surface area contributed by atoms with E-state index in [2.05, 4.69) is 5.48 Å². The summed E-state index contributed by atoms with van der Waals surface area (Å²) in [4.78, 5) is 27.9. The number of hydrogen-bond donors (Lipinski definition) is 2. The van der Waals surface area contributed by atoms with Crippen molar-refractivity contribution in [3.8, 4) is 0 Å². The Kier molecular flexibility index (Phi) is 6.28. The molecule has 5 nitrogen and oxygen atoms in total. The Balaban J connectivity index is 2.47. The van der Waals surface area contributed by atoms with E-state index in [4.69, 9.17) is 9.94 Å². The topological polar surface area (TPSA) is 75.6 Å². The van der Waals surface area contributed by atoms with E-state index in [0.29, 0.717) is 12.5 Å². The van der Waals surface area contributed by atoms with Crippen LogP contribution in [0.15, 0.2) is 0 Å². The van der Waals surface area contributed by atoms with Crippen molar-refractivity contribution in [2.75, 3.05) is 6.61 Å². The zero-order valence-electron chi connectivity index (χ0n) is 11.9. The van der Waals surface area contributed by atoms with E-state index in [-0.39, 0.29) is 24.2 Å². The molecule has 1 amide bonds. The largest absolute Gasteiger partial charge is 0.481 e. The van der Waals surface area contributed by atoms with Gasteiger partial charge in [0.1, 0.15) is 0 Å². The summed E-state index contributed by atoms with van der Waals surface area (Å²) in [5.74, 6) is -0.676. The number of rotatable bonds is 7. The second-order valence-electron chi connectivity index (χ2n) is 6.04. The van der Waals surface area contributed by atoms with Crippen molar-refractivity contribution in [2.45, 2.75) is 58.8 Å². The van der Waals surface area contributed by atoms with E-state index in [1.807, 2.05) is 13.8 Å². The monoisotopic (exact) mass is 271 g/mol. The van der Waals surface area contributed by atoms with Gasteiger partial charge in [-0.2, -0.15) is 0 Å². The number of carboxylic acids is 1. The van der Waals surface area contributed by atoms with Crippen molar-refractivity contribution in [1.29, 1.82) is 0 Å². The first-order valence-corrected chi connectivity index (χ1v) is 7.06. The molecule has 0 saturated heterocycles. The van der Waals surface area contributed by atoms with Crippen molar-refractivity contribution in [3.05, 3.63) is 0 Å². The van der Waals surface area contributed by atoms with Crippen LogP contribution in [0, 0.1) is 11.3 Å². The Hall–Kier alpha value is -1.10. The Morgan fingerprint density at radius 2 is 1.84 bits per heavy atom. The number of aliphatic carboxylic acids is 1. The molecule has 0 radical (unpaired) electrons. The SMILES string of the molecule is CC(C)CONC(=O)CC1(CC(=O)O)CCCCC1. The maximum Gasteiger partial charge on any atom is 0.303 e. The zero-order valence-corrected chi connectivity index (χ0v) is 11.9. The Labute approximate surface area is 114 Å². The molecule has 0 atom stereocenters. The van der Waals surface area contributed by atoms with Gasteiger partial charge in [0.2, 0.25) is 5.91 Å². The van der Waals surface area contributed by atoms with E-state index in [9.17, 15) is 9.59 Å². The normalized spacial score (nSPS) is 18.3. The van der Waals surface area contributed by atoms with Gasteiger partial charge >= 0.3 is 5.97 Å². The number of amides is 1. The number of nitrogens with one attached hydrogen (secondary N) is 1. The highest BCUT2D eigenvalue weighted by atomic mass is 16.6. The number of carboxylic acid groups (broad SMARTS) is 1. The van der Waals surface area contributed by atoms with E-state index in [1.54, 1.807) is 0 Å². The van der Waals surface area contributed by atoms with E-state index < -0.39 is 5.97 Å². The van der Waals surface area contributed by atoms with Crippen molar-refractivity contribution in [2.24, 2.45) is 11.3 Å². The third-order valence-corrected chi connectivity index (χ3v) is 3.58. The summed E-state index contributed by atoms with van der Waals surface area (Å²) in [6.07, 6.45) is 5.10. The van der Waals surface area contributed by atoms with Crippen LogP contribution in [0.3, 0.4) is 0 Å². The van der Waals surface area contributed by atoms with Crippen molar-refractivity contribution >= 4 is 11.9 Å². The minimum atomic E-state index is -0.821. The minimum absolute atomic E-state index is 0.0740. The molecule has 0 aliphatic heterocycles. The molecular formula is C14H25NO4. The van der Waals surface area contributed by atoms with Crippen molar-refractivity contribution in [3.63, 3.8) is 0 Å². The van der Waals surface area contributed by atoms with E-state index in [0.717, 1.165) is 32.1 Å². The lowest BCUT2D eigenvalue weighted by atomic mass is 9.69. The average molecular weight is 271 g/mol. The summed E-state index contributed by atoms with van der Waals surface area (Å²) in [6, 6.07) is 0. The summed E-state index contributed by atoms with van der Waals surface area (Å²) in [5.41, 5.74) is 2.05. The van der Waals surface area contributed by atoms with Crippen LogP contribution in [0.5, 0.6) is 0 Å². The van der Waals surface area contributed by atoms with Gasteiger partial charge in [-0.15, -0.1) is 0 Å². The third kappa shape index (κ3) is 6.05. The van der Waals surface area contributed by atoms with Gasteiger partial charge in [-0.1, -0.05) is 33.1 Å². The molecule has 0 bridgehead atoms. The van der Waals surface area contributed by atoms with Crippen LogP contribution in [0.4, 0.5) is 0 Å². The molecule has 19 heavy (non-hydrogen) atoms. The molecule has 5 heteroatoms. The molecule has 0 aromatic heterocycles. The molecule has 1 saturated carbocycles. The lowest BCUT2D eigenvalue weighted by Gasteiger charge is -2.35. The zero-order chi connectivity index (χ0) is 14.3. The van der Waals surface area contributed by atoms with Gasteiger partial charge in [0.05, 0.1) is 13.0 Å². The Morgan fingerprint density at radius 3 is 2.37 bits per heavy atom. The summed E-state index contributed by atoms with van der Waals surface area (Å²) in [7, 11) is 0. The highest BCUT2D eigenvalue weighted by Gasteiger charge is 2.36. The van der Waals surface area contributed by atoms with E-state index >= 15 is 0 Å². The van der Waals surface area contributed by atoms with Gasteiger partial charge in [0, 0.05) is 6.42 Å². The fourth-order valence-electron chi connectivity index (χ4n) is 2.70. The van der Waals surface area contributed by atoms with Gasteiger partial charge in [0.25, 0.3) is 0 Å². The summed E-state index contributed by atoms with van der Waals surface area (Å²) in [6.45, 7) is 4.47. The standard InChI is InChI=1S/C14H25NO4/c1-11(2)10-19-15-12(16)8-14(9-13(17)18)6-4-3-5-7-14/h11H,3-10H2,1-2H3,(H,15,16)(H,17,18). The second kappa shape index (κ2) is 7.48. The predicted octanol–water partition coefficient (Wildman–Crippen LogP) is 2.51. The molecule has 1 aliphatic carbocycles. The average Bonchev–Trinajstić information content (AvgIpc) is 2.27. The van der Waals surface area contributed by atoms with Gasteiger partial charge in [-0.25, -0.2) is 5.48 Å². The smallest absolute Gasteiger partial charge is 0.303 e. The highest BCUT2D eigenvalue weighted by Crippen LogP contribution is 2.42. The molecule has 0 unspecified atom stereocenters. The number of hydroxylamine groups is 1. The second-order valence-corrected chi connectivity index (χ2v) is 6.04. The van der Waals surface area contributed by atoms with Crippen LogP contribution < -0.4 is 5.48 Å². The molecule has 1 fully saturated rings. The fourth-order valence-corrected chi connectivity index (χ4v) is 2.70. The first-order valence-electron chi connectivity index (χ1n) is 7.06. The molecule has 1 rings (SSSR count). The molecule has 1 aliphatic rings. The summed E-state index contributed by atoms with van der Waals surface area (Å²) < 4.78 is 0. The lowest BCUT2D eigenvalue weighted by molar-refractivity contribution is -0.143. The number of carbonyl (C=O) groups is 2. The maximum absolute atomic E-state index is 11.9. The summed E-state index contributed by atoms with van der Waals surface area (Å²) in [5, 5.41) is 9.03. The van der Waals surface area contributed by atoms with Crippen molar-refractivity contribution < 1.29 is 19.5 Å². The van der Waals surface area contributed by atoms with Crippen LogP contribution in [-0.2, 0) is 14.4 Å². The van der Waals surface area contributed by atoms with Gasteiger partial charge in [-0.3, -0.25) is 14.4 Å². The molecular weight excluding hydrogens is 246 g/mol. The quantitative estimate of drug-likeness (QED) is 0.698. The first-order chi connectivity index (χ1) is 8.93. The molecule has 0 heterocycles. The third-order valence-electron chi connectivity index (χ3n) is 3.58. The molecule has 0 aromatic rings. The summed E-state index contributed by atoms with van der Waals surface area (Å²) >= 11 is 0. The van der Waals surface area contributed by atoms with Crippen LogP contribution in [0.1, 0.15) is 58.8 Å². The van der Waals surface area contributed by atoms with Crippen molar-refractivity contribution in [1.82, 2.24) is 5.48 Å². The van der Waals surface area contributed by atoms with Crippen LogP contribution in [0.25, 0.3) is 0 Å². The Morgan fingerprint density at radius 1 is 1.21 bits per heavy atom. The van der Waals surface area contributed by atoms with Crippen LogP contribution >= 0.6 is 0 Å². The number of carbonyl (C=O) groups excluding carboxylic acids is 1. The van der Waals surface area contributed by atoms with Gasteiger partial charge in [0.15, 0.2) is 0 Å². The van der Waals surface area contributed by atoms with Gasteiger partial charge < -0.3 is 5.11 Å². The predicted molar refractivity (Wildman–Crippen MR) is 71.3 cm³/mol. The fraction of sp³-hybridized carbons (Fsp3) is 0.857. The molecule has 110 valence electrons. The minimum Gasteiger partial charge on any atom is -0.481 e. The first kappa shape index (κ1) is 16.0. The lowest BCUT2D eigenvalue weighted by Crippen LogP contribution is -2.35. The van der Waals surface area contributed by atoms with Crippen LogP contribution in [0.2, 0.25) is 0 Å². The molecule has 2 N–H and O–H groups in total. The molecule has 0 spiro atoms. The maximum atomic E-state index is 11.9. The molecule has 0 aromatic carbocycles. The number of hydrogen-bond acceptors (Lipinski definition) is 3. The Bertz CT molecular complexity index is 309. The highest BCUT2D eigenvalue weighted by molar-refractivity contribution is 5.77. The van der Waals surface area contributed by atoms with Crippen LogP contribution in [-0.4, -0.2) is 23.6 Å². The van der Waals surface area contributed by atoms with E-state index in [1.165, 1.54) is 0 Å². The van der Waals surface area contributed by atoms with Gasteiger partial charge in [-0.05, 0) is 24.2 Å².